The van der Waals surface area contributed by atoms with Crippen LogP contribution in [0.5, 0.6) is 5.75 Å². The van der Waals surface area contributed by atoms with E-state index >= 15 is 0 Å². The van der Waals surface area contributed by atoms with Gasteiger partial charge in [-0.25, -0.2) is 5.43 Å². The molecular formula is C43H60N4O9. The maximum atomic E-state index is 14.3. The van der Waals surface area contributed by atoms with Gasteiger partial charge in [0.15, 0.2) is 5.78 Å². The quantitative estimate of drug-likeness (QED) is 0.125. The van der Waals surface area contributed by atoms with E-state index in [9.17, 15) is 39.0 Å². The molecule has 13 nitrogen and oxygen atoms in total. The second-order valence-electron chi connectivity index (χ2n) is 15.1. The second kappa shape index (κ2) is 22.6. The molecule has 0 saturated carbocycles. The molecule has 3 rings (SSSR count). The standard InChI is InChI=1S/C43H60N4O9/c1-7-15-32(49)19-12-17-28(4)36-22-11-9-8-10-16-29(5)39(51)34(24-23-30(6)48)40(52)44-37(27(2)3)41(53)45-38(31-18-13-20-33(50)26-31)42(54)47-25-14-21-35(46-47)43(55)56-36/h8-13,17-20,26-27,29,34-39,46,50-51H,7,14-16,21-25H2,1-6H3,(H,44,52)(H,45,53)/b10-8+,11-9+,19-12+,28-17+/t29-,34+,35?,36-,37-,38?,39+/m0/s1. The van der Waals surface area contributed by atoms with E-state index in [0.29, 0.717) is 37.7 Å². The van der Waals surface area contributed by atoms with Crippen LogP contribution in [-0.4, -0.2) is 81.3 Å². The highest BCUT2D eigenvalue weighted by Crippen LogP contribution is 2.25. The van der Waals surface area contributed by atoms with Gasteiger partial charge in [0.1, 0.15) is 35.8 Å². The predicted molar refractivity (Wildman–Crippen MR) is 212 cm³/mol. The van der Waals surface area contributed by atoms with Crippen LogP contribution in [0.3, 0.4) is 0 Å². The summed E-state index contributed by atoms with van der Waals surface area (Å²) in [5.74, 6) is -4.61. The molecule has 1 saturated heterocycles. The number of cyclic esters (lactones) is 1. The Morgan fingerprint density at radius 3 is 2.39 bits per heavy atom. The topological polar surface area (TPSA) is 191 Å². The number of phenolic OH excluding ortho intramolecular Hbond substituents is 1. The number of hydrogen-bond acceptors (Lipinski definition) is 10. The van der Waals surface area contributed by atoms with Crippen molar-refractivity contribution in [1.82, 2.24) is 21.1 Å². The summed E-state index contributed by atoms with van der Waals surface area (Å²) in [7, 11) is 0. The molecule has 1 aromatic carbocycles. The highest BCUT2D eigenvalue weighted by molar-refractivity contribution is 5.93. The van der Waals surface area contributed by atoms with E-state index in [2.05, 4.69) is 16.1 Å². The SMILES string of the molecule is CCCC(=O)/C=C/C=C(\C)[C@@H]1C/C=C/C=C/C[C@H](C)[C@@H](O)[C@@H](CCC(C)=O)C(=O)N[C@@H](C(C)C)C(=O)NC(c2cccc(O)c2)C(=O)N2CCCC(N2)C(=O)O1. The van der Waals surface area contributed by atoms with Crippen LogP contribution in [0.1, 0.15) is 105 Å². The summed E-state index contributed by atoms with van der Waals surface area (Å²) >= 11 is 0. The molecule has 0 radical (unpaired) electrons. The zero-order valence-corrected chi connectivity index (χ0v) is 33.5. The van der Waals surface area contributed by atoms with Gasteiger partial charge in [0.2, 0.25) is 11.8 Å². The second-order valence-corrected chi connectivity index (χ2v) is 15.1. The third kappa shape index (κ3) is 14.0. The van der Waals surface area contributed by atoms with E-state index in [4.69, 9.17) is 4.74 Å². The molecule has 1 fully saturated rings. The molecule has 1 aromatic rings. The van der Waals surface area contributed by atoms with Gasteiger partial charge >= 0.3 is 5.97 Å². The average Bonchev–Trinajstić information content (AvgIpc) is 3.15. The van der Waals surface area contributed by atoms with Gasteiger partial charge < -0.3 is 30.4 Å². The summed E-state index contributed by atoms with van der Waals surface area (Å²) < 4.78 is 6.03. The zero-order chi connectivity index (χ0) is 41.4. The number of nitrogens with zero attached hydrogens (tertiary/aromatic N) is 1. The number of ketones is 2. The average molecular weight is 777 g/mol. The third-order valence-electron chi connectivity index (χ3n) is 10.0. The lowest BCUT2D eigenvalue weighted by molar-refractivity contribution is -0.156. The summed E-state index contributed by atoms with van der Waals surface area (Å²) in [5, 5.41) is 28.6. The lowest BCUT2D eigenvalue weighted by Crippen LogP contribution is -2.59. The number of hydrogen-bond donors (Lipinski definition) is 5. The Kier molecular flexibility index (Phi) is 18.4. The maximum Gasteiger partial charge on any atom is 0.325 e. The number of amides is 3. The van der Waals surface area contributed by atoms with Crippen molar-refractivity contribution < 1.29 is 43.7 Å². The first-order valence-corrected chi connectivity index (χ1v) is 19.7. The summed E-state index contributed by atoms with van der Waals surface area (Å²) in [5.41, 5.74) is 3.96. The lowest BCUT2D eigenvalue weighted by atomic mass is 9.85. The van der Waals surface area contributed by atoms with E-state index in [1.807, 2.05) is 19.1 Å². The molecule has 0 spiro atoms. The van der Waals surface area contributed by atoms with Gasteiger partial charge in [-0.1, -0.05) is 76.3 Å². The Balaban J connectivity index is 2.06. The van der Waals surface area contributed by atoms with Crippen LogP contribution in [0.25, 0.3) is 0 Å². The van der Waals surface area contributed by atoms with Gasteiger partial charge in [0.25, 0.3) is 5.91 Å². The monoisotopic (exact) mass is 776 g/mol. The number of nitrogens with one attached hydrogen (secondary N) is 3. The fraction of sp³-hybridized carbons (Fsp3) is 0.535. The number of esters is 1. The molecule has 13 heteroatoms. The molecule has 7 atom stereocenters. The van der Waals surface area contributed by atoms with Crippen molar-refractivity contribution in [1.29, 1.82) is 0 Å². The van der Waals surface area contributed by atoms with Crippen LogP contribution in [0, 0.1) is 17.8 Å². The number of aliphatic hydroxyl groups excluding tert-OH is 1. The number of fused-ring (bicyclic) bond motifs is 2. The number of rotatable bonds is 10. The molecule has 2 unspecified atom stereocenters. The number of Topliss-reactive ketones (excluding diaryl/α,β-unsaturated/α-hetero) is 1. The number of aliphatic hydroxyl groups is 1. The van der Waals surface area contributed by atoms with Crippen molar-refractivity contribution in [2.75, 3.05) is 6.54 Å². The van der Waals surface area contributed by atoms with Gasteiger partial charge in [-0.15, -0.1) is 0 Å². The fourth-order valence-electron chi connectivity index (χ4n) is 6.59. The van der Waals surface area contributed by atoms with Crippen molar-refractivity contribution in [3.8, 4) is 5.75 Å². The molecule has 3 amide bonds. The molecule has 2 heterocycles. The number of carbonyl (C=O) groups excluding carboxylic acids is 6. The number of allylic oxidation sites excluding steroid dienone is 6. The molecule has 2 aliphatic rings. The minimum absolute atomic E-state index is 0.0117. The summed E-state index contributed by atoms with van der Waals surface area (Å²) in [6, 6.07) is 2.54. The smallest absolute Gasteiger partial charge is 0.325 e. The third-order valence-corrected chi connectivity index (χ3v) is 10.0. The lowest BCUT2D eigenvalue weighted by Gasteiger charge is -2.36. The zero-order valence-electron chi connectivity index (χ0n) is 33.5. The van der Waals surface area contributed by atoms with E-state index < -0.39 is 71.8 Å². The van der Waals surface area contributed by atoms with Gasteiger partial charge in [0.05, 0.1) is 12.0 Å². The number of benzene rings is 1. The highest BCUT2D eigenvalue weighted by Gasteiger charge is 2.38. The summed E-state index contributed by atoms with van der Waals surface area (Å²) in [4.78, 5) is 79.9. The fourth-order valence-corrected chi connectivity index (χ4v) is 6.59. The number of hydrazine groups is 1. The van der Waals surface area contributed by atoms with Crippen LogP contribution in [0.4, 0.5) is 0 Å². The molecule has 306 valence electrons. The predicted octanol–water partition coefficient (Wildman–Crippen LogP) is 4.86. The van der Waals surface area contributed by atoms with Gasteiger partial charge in [-0.2, -0.15) is 0 Å². The Hall–Kier alpha value is -4.88. The minimum Gasteiger partial charge on any atom is -0.508 e. The van der Waals surface area contributed by atoms with E-state index in [1.165, 1.54) is 36.2 Å². The van der Waals surface area contributed by atoms with Crippen molar-refractivity contribution in [2.45, 2.75) is 123 Å². The van der Waals surface area contributed by atoms with Crippen molar-refractivity contribution >= 4 is 35.3 Å². The summed E-state index contributed by atoms with van der Waals surface area (Å²) in [6.45, 7) is 10.6. The van der Waals surface area contributed by atoms with Crippen LogP contribution in [0.2, 0.25) is 0 Å². The van der Waals surface area contributed by atoms with Gasteiger partial charge in [-0.3, -0.25) is 29.0 Å². The highest BCUT2D eigenvalue weighted by atomic mass is 16.5. The van der Waals surface area contributed by atoms with Crippen molar-refractivity contribution in [3.63, 3.8) is 0 Å². The molecule has 2 bridgehead atoms. The number of carbonyl (C=O) groups is 6. The Labute approximate surface area is 330 Å². The van der Waals surface area contributed by atoms with Crippen molar-refractivity contribution in [2.24, 2.45) is 17.8 Å². The molecule has 56 heavy (non-hydrogen) atoms. The van der Waals surface area contributed by atoms with Crippen LogP contribution in [-0.2, 0) is 33.5 Å². The number of aromatic hydroxyl groups is 1. The Morgan fingerprint density at radius 1 is 1.02 bits per heavy atom. The largest absolute Gasteiger partial charge is 0.508 e. The first kappa shape index (κ1) is 45.5. The normalized spacial score (nSPS) is 27.8. The first-order chi connectivity index (χ1) is 26.6. The summed E-state index contributed by atoms with van der Waals surface area (Å²) in [6.07, 6.45) is 13.1. The molecule has 0 aliphatic carbocycles. The van der Waals surface area contributed by atoms with E-state index in [0.717, 1.165) is 6.42 Å². The van der Waals surface area contributed by atoms with Crippen LogP contribution >= 0.6 is 0 Å². The van der Waals surface area contributed by atoms with Crippen molar-refractivity contribution in [3.05, 3.63) is 77.9 Å². The number of phenols is 1. The molecule has 5 N–H and O–H groups in total. The van der Waals surface area contributed by atoms with Gasteiger partial charge in [0, 0.05) is 25.8 Å². The Bertz CT molecular complexity index is 1670. The van der Waals surface area contributed by atoms with E-state index in [1.54, 1.807) is 58.1 Å². The molecule has 0 aromatic heterocycles. The molecular weight excluding hydrogens is 716 g/mol. The van der Waals surface area contributed by atoms with E-state index in [-0.39, 0.29) is 42.3 Å². The van der Waals surface area contributed by atoms with Crippen LogP contribution in [0.15, 0.2) is 72.4 Å². The maximum absolute atomic E-state index is 14.3. The Morgan fingerprint density at radius 2 is 1.73 bits per heavy atom. The first-order valence-electron chi connectivity index (χ1n) is 19.7. The van der Waals surface area contributed by atoms with Crippen LogP contribution < -0.4 is 16.1 Å². The molecule has 2 aliphatic heterocycles. The number of ether oxygens (including phenoxy) is 1. The van der Waals surface area contributed by atoms with Gasteiger partial charge in [-0.05, 0) is 87.1 Å². The minimum atomic E-state index is -1.33.